The first-order chi connectivity index (χ1) is 10.0. The second-order valence-corrected chi connectivity index (χ2v) is 7.06. The van der Waals surface area contributed by atoms with Crippen molar-refractivity contribution in [3.63, 3.8) is 0 Å². The minimum atomic E-state index is -3.58. The van der Waals surface area contributed by atoms with Crippen LogP contribution in [0.5, 0.6) is 0 Å². The molecule has 6 heteroatoms. The van der Waals surface area contributed by atoms with E-state index in [2.05, 4.69) is 4.98 Å². The van der Waals surface area contributed by atoms with E-state index < -0.39 is 22.2 Å². The molecule has 2 atom stereocenters. The first kappa shape index (κ1) is 14.2. The molecule has 0 radical (unpaired) electrons. The zero-order valence-corrected chi connectivity index (χ0v) is 12.4. The monoisotopic (exact) mass is 304 g/mol. The average molecular weight is 304 g/mol. The number of aliphatic hydroxyl groups excluding tert-OH is 1. The maximum absolute atomic E-state index is 12.5. The third kappa shape index (κ3) is 2.35. The number of hydrogen-bond donors (Lipinski definition) is 1. The second-order valence-electron chi connectivity index (χ2n) is 5.10. The molecule has 1 aliphatic rings. The van der Waals surface area contributed by atoms with Crippen molar-refractivity contribution in [3.05, 3.63) is 59.9 Å². The van der Waals surface area contributed by atoms with Crippen molar-refractivity contribution in [1.82, 2.24) is 9.29 Å². The van der Waals surface area contributed by atoms with Crippen molar-refractivity contribution in [3.8, 4) is 0 Å². The summed E-state index contributed by atoms with van der Waals surface area (Å²) in [5.74, 6) is 0. The Morgan fingerprint density at radius 1 is 1.19 bits per heavy atom. The quantitative estimate of drug-likeness (QED) is 0.909. The number of pyridine rings is 1. The molecule has 0 aliphatic carbocycles. The number of likely N-dealkylation sites (N-methyl/N-ethyl adjacent to an activating group) is 1. The fraction of sp³-hybridized carbons (Fsp3) is 0.267. The number of fused-ring (bicyclic) bond motifs is 1. The van der Waals surface area contributed by atoms with Gasteiger partial charge in [-0.3, -0.25) is 4.98 Å². The van der Waals surface area contributed by atoms with Gasteiger partial charge in [0.1, 0.15) is 0 Å². The van der Waals surface area contributed by atoms with Gasteiger partial charge >= 0.3 is 0 Å². The van der Waals surface area contributed by atoms with Crippen LogP contribution in [-0.2, 0) is 16.4 Å². The molecule has 0 amide bonds. The molecule has 0 spiro atoms. The maximum Gasteiger partial charge on any atom is 0.243 e. The van der Waals surface area contributed by atoms with Gasteiger partial charge in [-0.2, -0.15) is 4.31 Å². The van der Waals surface area contributed by atoms with Gasteiger partial charge in [-0.15, -0.1) is 0 Å². The molecule has 2 aromatic rings. The molecule has 2 heterocycles. The Balaban J connectivity index is 2.04. The molecule has 1 aliphatic heterocycles. The lowest BCUT2D eigenvalue weighted by Gasteiger charge is -2.36. The molecule has 110 valence electrons. The Kier molecular flexibility index (Phi) is 3.52. The SMILES string of the molecule is CN1[C@@H](Cc2ccccn2)[C@@H](O)c2ccccc2S1(=O)=O. The molecule has 1 aromatic carbocycles. The molecule has 5 nitrogen and oxygen atoms in total. The van der Waals surface area contributed by atoms with Gasteiger partial charge in [0, 0.05) is 30.9 Å². The summed E-state index contributed by atoms with van der Waals surface area (Å²) >= 11 is 0. The van der Waals surface area contributed by atoms with E-state index >= 15 is 0 Å². The van der Waals surface area contributed by atoms with Crippen molar-refractivity contribution < 1.29 is 13.5 Å². The predicted molar refractivity (Wildman–Crippen MR) is 78.1 cm³/mol. The molecule has 0 unspecified atom stereocenters. The van der Waals surface area contributed by atoms with E-state index in [9.17, 15) is 13.5 Å². The van der Waals surface area contributed by atoms with Gasteiger partial charge < -0.3 is 5.11 Å². The van der Waals surface area contributed by atoms with Gasteiger partial charge in [-0.05, 0) is 18.2 Å². The maximum atomic E-state index is 12.5. The van der Waals surface area contributed by atoms with Gasteiger partial charge in [0.05, 0.1) is 17.0 Å². The van der Waals surface area contributed by atoms with E-state index in [1.165, 1.54) is 17.4 Å². The molecule has 21 heavy (non-hydrogen) atoms. The Labute approximate surface area is 123 Å². The molecule has 3 rings (SSSR count). The van der Waals surface area contributed by atoms with Crippen LogP contribution in [0.1, 0.15) is 17.4 Å². The topological polar surface area (TPSA) is 70.5 Å². The summed E-state index contributed by atoms with van der Waals surface area (Å²) < 4.78 is 26.3. The number of aliphatic hydroxyl groups is 1. The van der Waals surface area contributed by atoms with Crippen molar-refractivity contribution in [2.24, 2.45) is 0 Å². The highest BCUT2D eigenvalue weighted by atomic mass is 32.2. The van der Waals surface area contributed by atoms with Crippen LogP contribution < -0.4 is 0 Å². The third-order valence-corrected chi connectivity index (χ3v) is 5.83. The molecule has 0 fully saturated rings. The summed E-state index contributed by atoms with van der Waals surface area (Å²) in [5.41, 5.74) is 1.21. The van der Waals surface area contributed by atoms with Gasteiger partial charge in [0.25, 0.3) is 0 Å². The number of hydrogen-bond acceptors (Lipinski definition) is 4. The Hall–Kier alpha value is -1.76. The van der Waals surface area contributed by atoms with Crippen LogP contribution in [0, 0.1) is 0 Å². The van der Waals surface area contributed by atoms with Gasteiger partial charge in [-0.25, -0.2) is 8.42 Å². The molecule has 1 aromatic heterocycles. The Bertz CT molecular complexity index is 747. The standard InChI is InChI=1S/C15H16N2O3S/c1-17-13(10-11-6-4-5-9-16-11)15(18)12-7-2-3-8-14(12)21(17,19)20/h2-9,13,15,18H,10H2,1H3/t13-,15-/m0/s1. The van der Waals surface area contributed by atoms with Crippen molar-refractivity contribution in [2.45, 2.75) is 23.5 Å². The lowest BCUT2D eigenvalue weighted by Crippen LogP contribution is -2.46. The fourth-order valence-corrected chi connectivity index (χ4v) is 4.27. The number of nitrogens with zero attached hydrogens (tertiary/aromatic N) is 2. The van der Waals surface area contributed by atoms with Crippen LogP contribution in [0.4, 0.5) is 0 Å². The number of rotatable bonds is 2. The zero-order chi connectivity index (χ0) is 15.0. The molecular formula is C15H16N2O3S. The predicted octanol–water partition coefficient (Wildman–Crippen LogP) is 1.36. The van der Waals surface area contributed by atoms with Crippen molar-refractivity contribution in [2.75, 3.05) is 7.05 Å². The first-order valence-corrected chi connectivity index (χ1v) is 8.11. The smallest absolute Gasteiger partial charge is 0.243 e. The van der Waals surface area contributed by atoms with Gasteiger partial charge in [-0.1, -0.05) is 24.3 Å². The van der Waals surface area contributed by atoms with Crippen LogP contribution in [0.15, 0.2) is 53.6 Å². The minimum absolute atomic E-state index is 0.178. The normalized spacial score (nSPS) is 24.5. The van der Waals surface area contributed by atoms with Crippen LogP contribution in [0.3, 0.4) is 0 Å². The van der Waals surface area contributed by atoms with E-state index in [1.807, 2.05) is 12.1 Å². The second kappa shape index (κ2) is 5.22. The third-order valence-electron chi connectivity index (χ3n) is 3.87. The van der Waals surface area contributed by atoms with Gasteiger partial charge in [0.2, 0.25) is 10.0 Å². The minimum Gasteiger partial charge on any atom is -0.387 e. The largest absolute Gasteiger partial charge is 0.387 e. The molecule has 1 N–H and O–H groups in total. The highest BCUT2D eigenvalue weighted by Crippen LogP contribution is 2.36. The lowest BCUT2D eigenvalue weighted by molar-refractivity contribution is 0.0887. The van der Waals surface area contributed by atoms with Gasteiger partial charge in [0.15, 0.2) is 0 Å². The number of benzene rings is 1. The summed E-state index contributed by atoms with van der Waals surface area (Å²) in [6.07, 6.45) is 1.16. The van der Waals surface area contributed by atoms with Crippen LogP contribution in [0.2, 0.25) is 0 Å². The van der Waals surface area contributed by atoms with E-state index in [1.54, 1.807) is 30.5 Å². The molecular weight excluding hydrogens is 288 g/mol. The van der Waals surface area contributed by atoms with Crippen molar-refractivity contribution in [1.29, 1.82) is 0 Å². The van der Waals surface area contributed by atoms with E-state index in [4.69, 9.17) is 0 Å². The molecule has 0 saturated heterocycles. The number of sulfonamides is 1. The van der Waals surface area contributed by atoms with E-state index in [0.29, 0.717) is 12.0 Å². The Morgan fingerprint density at radius 3 is 2.62 bits per heavy atom. The van der Waals surface area contributed by atoms with E-state index in [0.717, 1.165) is 5.69 Å². The summed E-state index contributed by atoms with van der Waals surface area (Å²) in [6, 6.07) is 11.5. The average Bonchev–Trinajstić information content (AvgIpc) is 2.51. The van der Waals surface area contributed by atoms with Crippen LogP contribution in [0.25, 0.3) is 0 Å². The lowest BCUT2D eigenvalue weighted by atomic mass is 9.98. The first-order valence-electron chi connectivity index (χ1n) is 6.67. The van der Waals surface area contributed by atoms with Crippen LogP contribution >= 0.6 is 0 Å². The Morgan fingerprint density at radius 2 is 1.90 bits per heavy atom. The number of aromatic nitrogens is 1. The summed E-state index contributed by atoms with van der Waals surface area (Å²) in [4.78, 5) is 4.39. The molecule has 0 bridgehead atoms. The molecule has 0 saturated carbocycles. The van der Waals surface area contributed by atoms with Crippen molar-refractivity contribution >= 4 is 10.0 Å². The summed E-state index contributed by atoms with van der Waals surface area (Å²) in [7, 11) is -2.08. The van der Waals surface area contributed by atoms with Crippen LogP contribution in [-0.4, -0.2) is 35.9 Å². The fourth-order valence-electron chi connectivity index (χ4n) is 2.67. The highest BCUT2D eigenvalue weighted by molar-refractivity contribution is 7.89. The summed E-state index contributed by atoms with van der Waals surface area (Å²) in [6.45, 7) is 0. The summed E-state index contributed by atoms with van der Waals surface area (Å²) in [5, 5.41) is 10.6. The highest BCUT2D eigenvalue weighted by Gasteiger charge is 2.41. The van der Waals surface area contributed by atoms with E-state index in [-0.39, 0.29) is 4.90 Å². The zero-order valence-electron chi connectivity index (χ0n) is 11.5.